The lowest BCUT2D eigenvalue weighted by atomic mass is 10.3. The van der Waals surface area contributed by atoms with Crippen LogP contribution >= 0.6 is 11.3 Å². The SMILES string of the molecule is O=C([O-])c1cc(-c2cccs2)n(-c2ccccc2)n1. The van der Waals surface area contributed by atoms with Crippen LogP contribution in [0.3, 0.4) is 0 Å². The van der Waals surface area contributed by atoms with Gasteiger partial charge in [-0.1, -0.05) is 24.3 Å². The first-order valence-corrected chi connectivity index (χ1v) is 6.54. The van der Waals surface area contributed by atoms with E-state index in [2.05, 4.69) is 5.10 Å². The van der Waals surface area contributed by atoms with E-state index in [4.69, 9.17) is 0 Å². The molecule has 0 saturated heterocycles. The van der Waals surface area contributed by atoms with Crippen molar-refractivity contribution in [2.45, 2.75) is 0 Å². The molecule has 0 aliphatic heterocycles. The van der Waals surface area contributed by atoms with Crippen LogP contribution in [0.1, 0.15) is 10.5 Å². The second-order valence-electron chi connectivity index (χ2n) is 3.93. The van der Waals surface area contributed by atoms with Crippen molar-refractivity contribution in [3.8, 4) is 16.3 Å². The summed E-state index contributed by atoms with van der Waals surface area (Å²) in [5, 5.41) is 17.0. The van der Waals surface area contributed by atoms with Crippen molar-refractivity contribution in [2.75, 3.05) is 0 Å². The summed E-state index contributed by atoms with van der Waals surface area (Å²) in [5.41, 5.74) is 1.51. The normalized spacial score (nSPS) is 10.5. The largest absolute Gasteiger partial charge is 0.543 e. The Bertz CT molecular complexity index is 702. The molecule has 0 amide bonds. The van der Waals surface area contributed by atoms with Gasteiger partial charge in [0.25, 0.3) is 0 Å². The molecule has 0 saturated carbocycles. The van der Waals surface area contributed by atoms with Gasteiger partial charge in [-0.15, -0.1) is 11.3 Å². The Kier molecular flexibility index (Phi) is 2.89. The average molecular weight is 269 g/mol. The molecule has 4 nitrogen and oxygen atoms in total. The molecule has 3 aromatic rings. The smallest absolute Gasteiger partial charge is 0.109 e. The van der Waals surface area contributed by atoms with Crippen LogP contribution in [0.2, 0.25) is 0 Å². The Balaban J connectivity index is 2.20. The Labute approximate surface area is 113 Å². The van der Waals surface area contributed by atoms with Gasteiger partial charge in [0, 0.05) is 0 Å². The maximum Gasteiger partial charge on any atom is 0.109 e. The van der Waals surface area contributed by atoms with Gasteiger partial charge in [0.2, 0.25) is 0 Å². The van der Waals surface area contributed by atoms with E-state index >= 15 is 0 Å². The number of nitrogens with zero attached hydrogens (tertiary/aromatic N) is 2. The molecule has 0 aliphatic carbocycles. The third-order valence-corrected chi connectivity index (χ3v) is 3.59. The highest BCUT2D eigenvalue weighted by molar-refractivity contribution is 7.13. The van der Waals surface area contributed by atoms with Gasteiger partial charge in [0.1, 0.15) is 5.69 Å². The van der Waals surface area contributed by atoms with Crippen LogP contribution < -0.4 is 5.11 Å². The van der Waals surface area contributed by atoms with Gasteiger partial charge in [0.15, 0.2) is 0 Å². The first-order valence-electron chi connectivity index (χ1n) is 5.66. The summed E-state index contributed by atoms with van der Waals surface area (Å²) in [6.07, 6.45) is 0. The minimum atomic E-state index is -1.27. The Morgan fingerprint density at radius 1 is 1.16 bits per heavy atom. The van der Waals surface area contributed by atoms with Crippen molar-refractivity contribution in [2.24, 2.45) is 0 Å². The molecule has 1 aromatic carbocycles. The summed E-state index contributed by atoms with van der Waals surface area (Å²) in [6, 6.07) is 14.8. The van der Waals surface area contributed by atoms with E-state index in [-0.39, 0.29) is 5.69 Å². The molecule has 0 radical (unpaired) electrons. The number of carboxylic acids is 1. The summed E-state index contributed by atoms with van der Waals surface area (Å²) < 4.78 is 1.62. The summed E-state index contributed by atoms with van der Waals surface area (Å²) >= 11 is 1.54. The number of para-hydroxylation sites is 1. The quantitative estimate of drug-likeness (QED) is 0.730. The van der Waals surface area contributed by atoms with Crippen LogP contribution in [0.15, 0.2) is 53.9 Å². The van der Waals surface area contributed by atoms with E-state index in [1.54, 1.807) is 4.68 Å². The predicted molar refractivity (Wildman–Crippen MR) is 71.2 cm³/mol. The Morgan fingerprint density at radius 3 is 2.58 bits per heavy atom. The van der Waals surface area contributed by atoms with Gasteiger partial charge >= 0.3 is 0 Å². The van der Waals surface area contributed by atoms with Crippen LogP contribution in [0, 0.1) is 0 Å². The number of carbonyl (C=O) groups is 1. The second kappa shape index (κ2) is 4.70. The van der Waals surface area contributed by atoms with Crippen molar-refractivity contribution in [1.29, 1.82) is 0 Å². The predicted octanol–water partition coefficient (Wildman–Crippen LogP) is 1.96. The number of aromatic nitrogens is 2. The zero-order chi connectivity index (χ0) is 13.2. The van der Waals surface area contributed by atoms with Crippen molar-refractivity contribution in [3.63, 3.8) is 0 Å². The van der Waals surface area contributed by atoms with E-state index in [1.165, 1.54) is 17.4 Å². The number of benzene rings is 1. The van der Waals surface area contributed by atoms with E-state index in [0.29, 0.717) is 0 Å². The van der Waals surface area contributed by atoms with Gasteiger partial charge in [-0.05, 0) is 29.6 Å². The third kappa shape index (κ3) is 2.15. The highest BCUT2D eigenvalue weighted by atomic mass is 32.1. The van der Waals surface area contributed by atoms with Gasteiger partial charge in [-0.3, -0.25) is 0 Å². The molecule has 0 aliphatic rings. The van der Waals surface area contributed by atoms with Crippen LogP contribution in [0.4, 0.5) is 0 Å². The molecule has 2 heterocycles. The topological polar surface area (TPSA) is 57.9 Å². The molecule has 0 fully saturated rings. The second-order valence-corrected chi connectivity index (χ2v) is 4.87. The van der Waals surface area contributed by atoms with Crippen molar-refractivity contribution < 1.29 is 9.90 Å². The maximum atomic E-state index is 11.0. The number of carbonyl (C=O) groups excluding carboxylic acids is 1. The summed E-state index contributed by atoms with van der Waals surface area (Å²) in [7, 11) is 0. The van der Waals surface area contributed by atoms with Crippen LogP contribution in [0.25, 0.3) is 16.3 Å². The number of thiophene rings is 1. The molecular weight excluding hydrogens is 260 g/mol. The lowest BCUT2D eigenvalue weighted by molar-refractivity contribution is -0.255. The third-order valence-electron chi connectivity index (χ3n) is 2.69. The first-order chi connectivity index (χ1) is 9.25. The molecule has 0 spiro atoms. The highest BCUT2D eigenvalue weighted by Gasteiger charge is 2.12. The molecule has 2 aromatic heterocycles. The van der Waals surface area contributed by atoms with E-state index in [9.17, 15) is 9.90 Å². The van der Waals surface area contributed by atoms with Crippen LogP contribution in [-0.4, -0.2) is 15.7 Å². The van der Waals surface area contributed by atoms with E-state index in [0.717, 1.165) is 16.3 Å². The van der Waals surface area contributed by atoms with Gasteiger partial charge < -0.3 is 9.90 Å². The fourth-order valence-corrected chi connectivity index (χ4v) is 2.57. The summed E-state index contributed by atoms with van der Waals surface area (Å²) in [4.78, 5) is 11.9. The number of carboxylic acid groups (broad SMARTS) is 1. The molecule has 3 rings (SSSR count). The lowest BCUT2D eigenvalue weighted by Gasteiger charge is -2.05. The van der Waals surface area contributed by atoms with Crippen molar-refractivity contribution >= 4 is 17.3 Å². The van der Waals surface area contributed by atoms with Crippen LogP contribution in [0.5, 0.6) is 0 Å². The van der Waals surface area contributed by atoms with Crippen LogP contribution in [-0.2, 0) is 0 Å². The van der Waals surface area contributed by atoms with E-state index in [1.807, 2.05) is 47.8 Å². The first kappa shape index (κ1) is 11.7. The average Bonchev–Trinajstić information content (AvgIpc) is 3.08. The highest BCUT2D eigenvalue weighted by Crippen LogP contribution is 2.27. The number of hydrogen-bond acceptors (Lipinski definition) is 4. The molecule has 0 atom stereocenters. The number of aromatic carboxylic acids is 1. The summed E-state index contributed by atoms with van der Waals surface area (Å²) in [6.45, 7) is 0. The van der Waals surface area contributed by atoms with E-state index < -0.39 is 5.97 Å². The number of hydrogen-bond donors (Lipinski definition) is 0. The minimum absolute atomic E-state index is 0.0627. The van der Waals surface area contributed by atoms with Crippen molar-refractivity contribution in [1.82, 2.24) is 9.78 Å². The lowest BCUT2D eigenvalue weighted by Crippen LogP contribution is -2.22. The van der Waals surface area contributed by atoms with Gasteiger partial charge in [0.05, 0.1) is 22.2 Å². The molecule has 0 unspecified atom stereocenters. The Morgan fingerprint density at radius 2 is 1.95 bits per heavy atom. The Hall–Kier alpha value is -2.40. The summed E-state index contributed by atoms with van der Waals surface area (Å²) in [5.74, 6) is -1.27. The van der Waals surface area contributed by atoms with Gasteiger partial charge in [-0.25, -0.2) is 4.68 Å². The monoisotopic (exact) mass is 269 g/mol. The zero-order valence-electron chi connectivity index (χ0n) is 9.82. The standard InChI is InChI=1S/C14H10N2O2S/c17-14(18)11-9-12(13-7-4-8-19-13)16(15-11)10-5-2-1-3-6-10/h1-9H,(H,17,18)/p-1. The van der Waals surface area contributed by atoms with Gasteiger partial charge in [-0.2, -0.15) is 5.10 Å². The zero-order valence-corrected chi connectivity index (χ0v) is 10.6. The molecule has 0 N–H and O–H groups in total. The fourth-order valence-electron chi connectivity index (χ4n) is 1.85. The maximum absolute atomic E-state index is 11.0. The molecule has 19 heavy (non-hydrogen) atoms. The fraction of sp³-hybridized carbons (Fsp3) is 0. The van der Waals surface area contributed by atoms with Crippen molar-refractivity contribution in [3.05, 3.63) is 59.6 Å². The molecule has 94 valence electrons. The molecule has 5 heteroatoms. The molecule has 0 bridgehead atoms. The minimum Gasteiger partial charge on any atom is -0.543 e. The molecular formula is C14H9N2O2S-. The number of rotatable bonds is 3.